The highest BCUT2D eigenvalue weighted by Crippen LogP contribution is 2.35. The van der Waals surface area contributed by atoms with Gasteiger partial charge in [0.2, 0.25) is 6.79 Å². The third-order valence-corrected chi connectivity index (χ3v) is 4.02. The zero-order valence-corrected chi connectivity index (χ0v) is 12.2. The van der Waals surface area contributed by atoms with Gasteiger partial charge in [-0.15, -0.1) is 0 Å². The van der Waals surface area contributed by atoms with E-state index in [1.165, 1.54) is 25.7 Å². The van der Waals surface area contributed by atoms with E-state index in [1.54, 1.807) is 6.33 Å². The van der Waals surface area contributed by atoms with Gasteiger partial charge in [0.25, 0.3) is 0 Å². The Kier molecular flexibility index (Phi) is 3.42. The highest BCUT2D eigenvalue weighted by atomic mass is 16.7. The Balaban J connectivity index is 1.48. The van der Waals surface area contributed by atoms with Crippen LogP contribution in [-0.2, 0) is 0 Å². The molecule has 1 saturated carbocycles. The first kappa shape index (κ1) is 13.2. The Bertz CT molecular complexity index is 671. The Hall–Kier alpha value is -2.50. The Morgan fingerprint density at radius 1 is 0.955 bits per heavy atom. The van der Waals surface area contributed by atoms with Crippen LogP contribution in [0.25, 0.3) is 0 Å². The molecule has 0 spiro atoms. The van der Waals surface area contributed by atoms with Crippen molar-refractivity contribution in [1.82, 2.24) is 9.97 Å². The summed E-state index contributed by atoms with van der Waals surface area (Å²) >= 11 is 0. The lowest BCUT2D eigenvalue weighted by Gasteiger charge is -2.13. The molecule has 0 radical (unpaired) electrons. The molecule has 0 unspecified atom stereocenters. The molecule has 22 heavy (non-hydrogen) atoms. The number of benzene rings is 1. The van der Waals surface area contributed by atoms with Crippen LogP contribution in [-0.4, -0.2) is 22.8 Å². The van der Waals surface area contributed by atoms with Gasteiger partial charge < -0.3 is 20.1 Å². The van der Waals surface area contributed by atoms with Crippen LogP contribution >= 0.6 is 0 Å². The molecular weight excluding hydrogens is 280 g/mol. The van der Waals surface area contributed by atoms with Gasteiger partial charge in [0.15, 0.2) is 11.5 Å². The molecule has 114 valence electrons. The van der Waals surface area contributed by atoms with Crippen LogP contribution in [0.5, 0.6) is 11.5 Å². The van der Waals surface area contributed by atoms with Crippen molar-refractivity contribution in [2.24, 2.45) is 0 Å². The number of hydrogen-bond donors (Lipinski definition) is 2. The van der Waals surface area contributed by atoms with Crippen LogP contribution in [0.1, 0.15) is 25.7 Å². The van der Waals surface area contributed by atoms with Crippen molar-refractivity contribution in [3.8, 4) is 11.5 Å². The van der Waals surface area contributed by atoms with E-state index in [0.29, 0.717) is 6.04 Å². The summed E-state index contributed by atoms with van der Waals surface area (Å²) in [4.78, 5) is 8.56. The fraction of sp³-hybridized carbons (Fsp3) is 0.375. The van der Waals surface area contributed by atoms with Gasteiger partial charge in [0.1, 0.15) is 18.0 Å². The maximum Gasteiger partial charge on any atom is 0.231 e. The van der Waals surface area contributed by atoms with Crippen molar-refractivity contribution in [2.45, 2.75) is 31.7 Å². The Labute approximate surface area is 128 Å². The zero-order valence-electron chi connectivity index (χ0n) is 12.2. The highest BCUT2D eigenvalue weighted by Gasteiger charge is 2.16. The molecule has 6 nitrogen and oxygen atoms in total. The molecular formula is C16H18N4O2. The lowest BCUT2D eigenvalue weighted by Crippen LogP contribution is -2.15. The smallest absolute Gasteiger partial charge is 0.231 e. The van der Waals surface area contributed by atoms with E-state index in [4.69, 9.17) is 9.47 Å². The molecule has 4 rings (SSSR count). The topological polar surface area (TPSA) is 68.3 Å². The van der Waals surface area contributed by atoms with Crippen molar-refractivity contribution in [2.75, 3.05) is 17.4 Å². The van der Waals surface area contributed by atoms with Gasteiger partial charge in [-0.2, -0.15) is 0 Å². The molecule has 1 fully saturated rings. The van der Waals surface area contributed by atoms with Crippen LogP contribution in [0, 0.1) is 0 Å². The van der Waals surface area contributed by atoms with Crippen LogP contribution in [0.15, 0.2) is 30.6 Å². The summed E-state index contributed by atoms with van der Waals surface area (Å²) in [6, 6.07) is 8.22. The number of nitrogens with zero attached hydrogens (tertiary/aromatic N) is 2. The second-order valence-electron chi connectivity index (χ2n) is 5.61. The van der Waals surface area contributed by atoms with Crippen molar-refractivity contribution in [3.63, 3.8) is 0 Å². The van der Waals surface area contributed by atoms with Gasteiger partial charge >= 0.3 is 0 Å². The standard InChI is InChI=1S/C16H18N4O2/c1-2-4-11(3-1)19-15-8-16(18-9-17-15)20-12-5-6-13-14(7-12)22-10-21-13/h5-9,11H,1-4,10H2,(H2,17,18,19,20). The summed E-state index contributed by atoms with van der Waals surface area (Å²) in [5.74, 6) is 3.15. The largest absolute Gasteiger partial charge is 0.454 e. The van der Waals surface area contributed by atoms with Crippen molar-refractivity contribution in [1.29, 1.82) is 0 Å². The molecule has 2 heterocycles. The lowest BCUT2D eigenvalue weighted by atomic mass is 10.2. The van der Waals surface area contributed by atoms with E-state index >= 15 is 0 Å². The molecule has 1 aliphatic carbocycles. The first-order valence-corrected chi connectivity index (χ1v) is 7.62. The third-order valence-electron chi connectivity index (χ3n) is 4.02. The highest BCUT2D eigenvalue weighted by molar-refractivity contribution is 5.63. The van der Waals surface area contributed by atoms with Gasteiger partial charge in [0, 0.05) is 23.9 Å². The minimum Gasteiger partial charge on any atom is -0.454 e. The zero-order chi connectivity index (χ0) is 14.8. The lowest BCUT2D eigenvalue weighted by molar-refractivity contribution is 0.174. The maximum absolute atomic E-state index is 5.38. The van der Waals surface area contributed by atoms with Crippen molar-refractivity contribution >= 4 is 17.3 Å². The Morgan fingerprint density at radius 2 is 1.77 bits per heavy atom. The fourth-order valence-electron chi connectivity index (χ4n) is 2.91. The second-order valence-corrected chi connectivity index (χ2v) is 5.61. The summed E-state index contributed by atoms with van der Waals surface area (Å²) in [7, 11) is 0. The predicted octanol–water partition coefficient (Wildman–Crippen LogP) is 3.30. The SMILES string of the molecule is c1nc(Nc2ccc3c(c2)OCO3)cc(NC2CCCC2)n1. The number of nitrogens with one attached hydrogen (secondary N) is 2. The van der Waals surface area contributed by atoms with Gasteiger partial charge in [-0.1, -0.05) is 12.8 Å². The average Bonchev–Trinajstić information content (AvgIpc) is 3.18. The fourth-order valence-corrected chi connectivity index (χ4v) is 2.91. The van der Waals surface area contributed by atoms with E-state index in [2.05, 4.69) is 20.6 Å². The molecule has 0 bridgehead atoms. The Morgan fingerprint density at radius 3 is 2.68 bits per heavy atom. The monoisotopic (exact) mass is 298 g/mol. The van der Waals surface area contributed by atoms with E-state index in [9.17, 15) is 0 Å². The third kappa shape index (κ3) is 2.77. The molecule has 1 aromatic heterocycles. The minimum absolute atomic E-state index is 0.280. The van der Waals surface area contributed by atoms with E-state index < -0.39 is 0 Å². The molecule has 1 aliphatic heterocycles. The molecule has 2 aromatic rings. The first-order valence-electron chi connectivity index (χ1n) is 7.62. The first-order chi connectivity index (χ1) is 10.9. The van der Waals surface area contributed by atoms with E-state index in [0.717, 1.165) is 28.8 Å². The number of fused-ring (bicyclic) bond motifs is 1. The number of ether oxygens (including phenoxy) is 2. The summed E-state index contributed by atoms with van der Waals surface area (Å²) in [6.07, 6.45) is 6.60. The van der Waals surface area contributed by atoms with E-state index in [-0.39, 0.29) is 6.79 Å². The molecule has 0 saturated heterocycles. The average molecular weight is 298 g/mol. The summed E-state index contributed by atoms with van der Waals surface area (Å²) in [6.45, 7) is 0.280. The summed E-state index contributed by atoms with van der Waals surface area (Å²) in [5.41, 5.74) is 0.912. The molecule has 2 aliphatic rings. The van der Waals surface area contributed by atoms with Gasteiger partial charge in [-0.3, -0.25) is 0 Å². The van der Waals surface area contributed by atoms with Gasteiger partial charge in [0.05, 0.1) is 0 Å². The molecule has 1 aromatic carbocycles. The molecule has 2 N–H and O–H groups in total. The second kappa shape index (κ2) is 5.71. The predicted molar refractivity (Wildman–Crippen MR) is 83.8 cm³/mol. The quantitative estimate of drug-likeness (QED) is 0.902. The number of rotatable bonds is 4. The maximum atomic E-state index is 5.38. The van der Waals surface area contributed by atoms with Crippen molar-refractivity contribution in [3.05, 3.63) is 30.6 Å². The summed E-state index contributed by atoms with van der Waals surface area (Å²) < 4.78 is 10.7. The van der Waals surface area contributed by atoms with Crippen LogP contribution < -0.4 is 20.1 Å². The number of hydrogen-bond acceptors (Lipinski definition) is 6. The molecule has 6 heteroatoms. The van der Waals surface area contributed by atoms with Crippen LogP contribution in [0.3, 0.4) is 0 Å². The molecule has 0 amide bonds. The van der Waals surface area contributed by atoms with Gasteiger partial charge in [-0.25, -0.2) is 9.97 Å². The van der Waals surface area contributed by atoms with E-state index in [1.807, 2.05) is 24.3 Å². The van der Waals surface area contributed by atoms with Gasteiger partial charge in [-0.05, 0) is 25.0 Å². The van der Waals surface area contributed by atoms with Crippen LogP contribution in [0.4, 0.5) is 17.3 Å². The minimum atomic E-state index is 0.280. The molecule has 0 atom stereocenters. The normalized spacial score (nSPS) is 16.7. The number of anilines is 3. The number of aromatic nitrogens is 2. The van der Waals surface area contributed by atoms with Crippen LogP contribution in [0.2, 0.25) is 0 Å². The van der Waals surface area contributed by atoms with Crippen molar-refractivity contribution < 1.29 is 9.47 Å². The summed E-state index contributed by atoms with van der Waals surface area (Å²) in [5, 5.41) is 6.75.